The van der Waals surface area contributed by atoms with Crippen molar-refractivity contribution >= 4 is 11.2 Å². The number of nitrogens with zero attached hydrogens (tertiary/aromatic N) is 3. The minimum absolute atomic E-state index is 0.606. The Kier molecular flexibility index (Phi) is 1.15. The molecule has 2 heterocycles. The Balaban J connectivity index is 2.25. The molecule has 0 fully saturated rings. The highest BCUT2D eigenvalue weighted by atomic mass is 15.2. The third kappa shape index (κ3) is 0.900. The highest BCUT2D eigenvalue weighted by Gasteiger charge is 2.24. The maximum Gasteiger partial charge on any atom is 0.162 e. The predicted molar refractivity (Wildman–Crippen MR) is 50.1 cm³/mol. The summed E-state index contributed by atoms with van der Waals surface area (Å²) in [5, 5.41) is 4.23. The van der Waals surface area contributed by atoms with Crippen molar-refractivity contribution in [1.82, 2.24) is 14.6 Å². The quantitative estimate of drug-likeness (QED) is 0.654. The number of rotatable bonds is 1. The van der Waals surface area contributed by atoms with Crippen LogP contribution >= 0.6 is 0 Å². The molecule has 0 aliphatic heterocycles. The summed E-state index contributed by atoms with van der Waals surface area (Å²) in [6.07, 6.45) is 7.83. The van der Waals surface area contributed by atoms with Crippen molar-refractivity contribution in [2.24, 2.45) is 5.92 Å². The van der Waals surface area contributed by atoms with Crippen LogP contribution in [0.5, 0.6) is 0 Å². The summed E-state index contributed by atoms with van der Waals surface area (Å²) < 4.78 is 1.81. The minimum Gasteiger partial charge on any atom is -0.236 e. The topological polar surface area (TPSA) is 30.2 Å². The van der Waals surface area contributed by atoms with Crippen LogP contribution in [0.25, 0.3) is 11.2 Å². The van der Waals surface area contributed by atoms with Crippen molar-refractivity contribution in [3.8, 4) is 0 Å². The Morgan fingerprint density at radius 2 is 2.31 bits per heavy atom. The largest absolute Gasteiger partial charge is 0.236 e. The second kappa shape index (κ2) is 2.19. The molecule has 1 aliphatic rings. The molecule has 0 bridgehead atoms. The summed E-state index contributed by atoms with van der Waals surface area (Å²) in [7, 11) is 0. The van der Waals surface area contributed by atoms with Crippen LogP contribution in [-0.2, 0) is 0 Å². The van der Waals surface area contributed by atoms with Crippen LogP contribution in [0, 0.1) is 5.92 Å². The first kappa shape index (κ1) is 6.83. The fourth-order valence-electron chi connectivity index (χ4n) is 1.59. The maximum atomic E-state index is 4.30. The van der Waals surface area contributed by atoms with Gasteiger partial charge in [0.1, 0.15) is 0 Å². The monoisotopic (exact) mass is 171 g/mol. The Morgan fingerprint density at radius 3 is 3.08 bits per heavy atom. The van der Waals surface area contributed by atoms with E-state index >= 15 is 0 Å². The predicted octanol–water partition coefficient (Wildman–Crippen LogP) is 1.76. The number of aromatic nitrogens is 3. The van der Waals surface area contributed by atoms with Crippen molar-refractivity contribution < 1.29 is 0 Å². The summed E-state index contributed by atoms with van der Waals surface area (Å²) in [6, 6.07) is 1.88. The van der Waals surface area contributed by atoms with E-state index in [1.54, 1.807) is 10.7 Å². The zero-order chi connectivity index (χ0) is 8.84. The van der Waals surface area contributed by atoms with Crippen molar-refractivity contribution in [3.05, 3.63) is 36.3 Å². The van der Waals surface area contributed by atoms with Gasteiger partial charge in [-0.25, -0.2) is 9.50 Å². The molecule has 3 heteroatoms. The Hall–Kier alpha value is -1.64. The lowest BCUT2D eigenvalue weighted by molar-refractivity contribution is 0.939. The molecule has 2 aromatic rings. The van der Waals surface area contributed by atoms with Gasteiger partial charge in [0.15, 0.2) is 5.65 Å². The number of hydrogen-bond acceptors (Lipinski definition) is 2. The van der Waals surface area contributed by atoms with Crippen LogP contribution in [0.3, 0.4) is 0 Å². The third-order valence-corrected chi connectivity index (χ3v) is 2.40. The summed E-state index contributed by atoms with van der Waals surface area (Å²) in [4.78, 5) is 4.30. The van der Waals surface area contributed by atoms with Crippen molar-refractivity contribution in [2.45, 2.75) is 6.92 Å². The zero-order valence-corrected chi connectivity index (χ0v) is 7.31. The van der Waals surface area contributed by atoms with Gasteiger partial charge < -0.3 is 0 Å². The van der Waals surface area contributed by atoms with E-state index in [4.69, 9.17) is 0 Å². The molecule has 0 radical (unpaired) electrons. The van der Waals surface area contributed by atoms with Crippen LogP contribution in [-0.4, -0.2) is 14.6 Å². The molecule has 1 atom stereocenters. The number of allylic oxidation sites excluding steroid dienone is 2. The first-order valence-corrected chi connectivity index (χ1v) is 4.37. The average Bonchev–Trinajstić information content (AvgIpc) is 2.74. The van der Waals surface area contributed by atoms with Gasteiger partial charge in [-0.1, -0.05) is 13.0 Å². The van der Waals surface area contributed by atoms with Crippen LogP contribution in [0.15, 0.2) is 30.7 Å². The van der Waals surface area contributed by atoms with E-state index in [-0.39, 0.29) is 0 Å². The summed E-state index contributed by atoms with van der Waals surface area (Å²) >= 11 is 0. The highest BCUT2D eigenvalue weighted by molar-refractivity contribution is 5.86. The van der Waals surface area contributed by atoms with Crippen LogP contribution < -0.4 is 0 Å². The first-order valence-electron chi connectivity index (χ1n) is 4.37. The summed E-state index contributed by atoms with van der Waals surface area (Å²) in [5.74, 6) is 0.606. The molecule has 13 heavy (non-hydrogen) atoms. The molecule has 0 spiro atoms. The van der Waals surface area contributed by atoms with Crippen LogP contribution in [0.2, 0.25) is 0 Å². The molecule has 0 saturated carbocycles. The molecule has 0 amide bonds. The van der Waals surface area contributed by atoms with Crippen LogP contribution in [0.1, 0.15) is 12.5 Å². The fourth-order valence-corrected chi connectivity index (χ4v) is 1.59. The normalized spacial score (nSPS) is 20.4. The lowest BCUT2D eigenvalue weighted by Gasteiger charge is -1.92. The van der Waals surface area contributed by atoms with Gasteiger partial charge in [0.25, 0.3) is 0 Å². The zero-order valence-electron chi connectivity index (χ0n) is 7.31. The van der Waals surface area contributed by atoms with E-state index in [0.29, 0.717) is 5.92 Å². The molecule has 64 valence electrons. The molecule has 0 N–H and O–H groups in total. The summed E-state index contributed by atoms with van der Waals surface area (Å²) in [5.41, 5.74) is 3.50. The van der Waals surface area contributed by atoms with Crippen molar-refractivity contribution in [1.29, 1.82) is 0 Å². The molecule has 0 aromatic carbocycles. The first-order chi connectivity index (χ1) is 6.36. The van der Waals surface area contributed by atoms with Gasteiger partial charge in [0.2, 0.25) is 0 Å². The van der Waals surface area contributed by atoms with Crippen molar-refractivity contribution in [3.63, 3.8) is 0 Å². The molecule has 3 rings (SSSR count). The lowest BCUT2D eigenvalue weighted by Crippen LogP contribution is -1.87. The second-order valence-corrected chi connectivity index (χ2v) is 3.36. The standard InChI is InChI=1S/C10H9N3/c1-7-5-8(7)9-6-12-13-4-2-3-11-10(9)13/h2-7H,1H3. The Morgan fingerprint density at radius 1 is 1.46 bits per heavy atom. The van der Waals surface area contributed by atoms with E-state index in [2.05, 4.69) is 23.1 Å². The van der Waals surface area contributed by atoms with Gasteiger partial charge in [0, 0.05) is 23.9 Å². The highest BCUT2D eigenvalue weighted by Crippen LogP contribution is 2.38. The average molecular weight is 171 g/mol. The van der Waals surface area contributed by atoms with Gasteiger partial charge in [-0.3, -0.25) is 0 Å². The molecule has 0 saturated heterocycles. The number of hydrogen-bond donors (Lipinski definition) is 0. The van der Waals surface area contributed by atoms with Gasteiger partial charge in [-0.2, -0.15) is 5.10 Å². The Labute approximate surface area is 75.7 Å². The molecular formula is C10H9N3. The van der Waals surface area contributed by atoms with E-state index in [9.17, 15) is 0 Å². The van der Waals surface area contributed by atoms with Crippen molar-refractivity contribution in [2.75, 3.05) is 0 Å². The van der Waals surface area contributed by atoms with E-state index in [0.717, 1.165) is 5.65 Å². The second-order valence-electron chi connectivity index (χ2n) is 3.36. The number of fused-ring (bicyclic) bond motifs is 1. The van der Waals surface area contributed by atoms with Gasteiger partial charge in [0.05, 0.1) is 6.20 Å². The molecular weight excluding hydrogens is 162 g/mol. The van der Waals surface area contributed by atoms with Gasteiger partial charge in [-0.05, 0) is 11.6 Å². The summed E-state index contributed by atoms with van der Waals surface area (Å²) in [6.45, 7) is 2.18. The minimum atomic E-state index is 0.606. The SMILES string of the molecule is CC1C=C1c1cnn2cccnc12. The molecule has 1 aliphatic carbocycles. The molecule has 3 nitrogen and oxygen atoms in total. The van der Waals surface area contributed by atoms with E-state index in [1.165, 1.54) is 11.1 Å². The fraction of sp³-hybridized carbons (Fsp3) is 0.200. The van der Waals surface area contributed by atoms with Gasteiger partial charge in [-0.15, -0.1) is 0 Å². The smallest absolute Gasteiger partial charge is 0.162 e. The lowest BCUT2D eigenvalue weighted by atomic mass is 10.2. The van der Waals surface area contributed by atoms with E-state index in [1.807, 2.05) is 18.5 Å². The Bertz CT molecular complexity index is 496. The van der Waals surface area contributed by atoms with Crippen LogP contribution in [0.4, 0.5) is 0 Å². The molecule has 1 unspecified atom stereocenters. The maximum absolute atomic E-state index is 4.30. The third-order valence-electron chi connectivity index (χ3n) is 2.40. The van der Waals surface area contributed by atoms with Gasteiger partial charge >= 0.3 is 0 Å². The molecule has 2 aromatic heterocycles. The van der Waals surface area contributed by atoms with E-state index < -0.39 is 0 Å².